The van der Waals surface area contributed by atoms with Crippen LogP contribution < -0.4 is 24.8 Å². The van der Waals surface area contributed by atoms with E-state index in [0.717, 1.165) is 33.6 Å². The van der Waals surface area contributed by atoms with E-state index in [2.05, 4.69) is 42.9 Å². The Morgan fingerprint density at radius 3 is 1.97 bits per heavy atom. The number of methoxy groups -OCH3 is 1. The van der Waals surface area contributed by atoms with Crippen molar-refractivity contribution in [2.75, 3.05) is 92.7 Å². The van der Waals surface area contributed by atoms with Gasteiger partial charge in [-0.05, 0) is 72.2 Å². The molecule has 3 aromatic carbocycles. The molecule has 412 valence electrons. The average Bonchev–Trinajstić information content (AvgIpc) is 4.12. The first-order valence-electron chi connectivity index (χ1n) is 26.1. The van der Waals surface area contributed by atoms with Gasteiger partial charge in [0.2, 0.25) is 11.8 Å². The minimum atomic E-state index is -0.418. The monoisotopic (exact) mass is 1070 g/mol. The van der Waals surface area contributed by atoms with Gasteiger partial charge in [0.25, 0.3) is 23.6 Å². The molecule has 0 aromatic heterocycles. The van der Waals surface area contributed by atoms with Gasteiger partial charge in [-0.15, -0.1) is 0 Å². The summed E-state index contributed by atoms with van der Waals surface area (Å²) in [5.74, 6) is 6.13. The molecular formula is C58H67N7O13. The number of aryl methyl sites for hydroxylation is 1. The van der Waals surface area contributed by atoms with Crippen LogP contribution in [0.3, 0.4) is 0 Å². The second-order valence-electron chi connectivity index (χ2n) is 20.2. The summed E-state index contributed by atoms with van der Waals surface area (Å²) in [5.41, 5.74) is 6.05. The van der Waals surface area contributed by atoms with E-state index < -0.39 is 11.8 Å². The van der Waals surface area contributed by atoms with Gasteiger partial charge in [-0.1, -0.05) is 37.8 Å². The lowest BCUT2D eigenvalue weighted by Gasteiger charge is -2.22. The molecule has 2 N–H and O–H groups in total. The molecule has 2 fully saturated rings. The third kappa shape index (κ3) is 15.1. The lowest BCUT2D eigenvalue weighted by molar-refractivity contribution is -0.137. The van der Waals surface area contributed by atoms with Gasteiger partial charge in [-0.25, -0.2) is 0 Å². The van der Waals surface area contributed by atoms with Crippen LogP contribution in [0.4, 0.5) is 11.4 Å². The number of nitrogens with zero attached hydrogens (tertiary/aromatic N) is 5. The Hall–Kier alpha value is -7.70. The lowest BCUT2D eigenvalue weighted by Crippen LogP contribution is -2.36. The fourth-order valence-corrected chi connectivity index (χ4v) is 9.56. The van der Waals surface area contributed by atoms with Crippen LogP contribution >= 0.6 is 0 Å². The molecule has 20 heteroatoms. The van der Waals surface area contributed by atoms with Crippen LogP contribution in [-0.2, 0) is 51.3 Å². The number of imide groups is 1. The summed E-state index contributed by atoms with van der Waals surface area (Å²) in [6, 6.07) is 12.6. The number of hydrogen-bond acceptors (Lipinski definition) is 15. The van der Waals surface area contributed by atoms with Crippen molar-refractivity contribution in [2.45, 2.75) is 71.8 Å². The van der Waals surface area contributed by atoms with Gasteiger partial charge >= 0.3 is 0 Å². The minimum Gasteiger partial charge on any atom is -0.493 e. The summed E-state index contributed by atoms with van der Waals surface area (Å²) in [7, 11) is 1.54. The maximum Gasteiger partial charge on any atom is 0.256 e. The Labute approximate surface area is 454 Å². The second kappa shape index (κ2) is 26.6. The van der Waals surface area contributed by atoms with Gasteiger partial charge in [-0.3, -0.25) is 43.7 Å². The average molecular weight is 1070 g/mol. The van der Waals surface area contributed by atoms with Crippen molar-refractivity contribution < 1.29 is 61.9 Å². The zero-order valence-electron chi connectivity index (χ0n) is 44.7. The van der Waals surface area contributed by atoms with Gasteiger partial charge in [0.15, 0.2) is 11.5 Å². The predicted octanol–water partition coefficient (Wildman–Crippen LogP) is 4.96. The van der Waals surface area contributed by atoms with Gasteiger partial charge in [0.05, 0.1) is 101 Å². The van der Waals surface area contributed by atoms with E-state index in [9.17, 15) is 28.8 Å². The Balaban J connectivity index is 0.785. The Kier molecular flexibility index (Phi) is 19.2. The highest BCUT2D eigenvalue weighted by molar-refractivity contribution is 6.13. The van der Waals surface area contributed by atoms with Crippen LogP contribution in [0.2, 0.25) is 0 Å². The van der Waals surface area contributed by atoms with Crippen LogP contribution in [0.1, 0.15) is 82.5 Å². The second-order valence-corrected chi connectivity index (χ2v) is 20.2. The number of ether oxygens (including phenoxy) is 7. The van der Waals surface area contributed by atoms with Gasteiger partial charge < -0.3 is 53.6 Å². The molecular weight excluding hydrogens is 1000 g/mol. The molecule has 20 nitrogen and oxygen atoms in total. The molecule has 2 saturated heterocycles. The first kappa shape index (κ1) is 56.5. The molecule has 78 heavy (non-hydrogen) atoms. The third-order valence-corrected chi connectivity index (χ3v) is 13.5. The third-order valence-electron chi connectivity index (χ3n) is 13.5. The van der Waals surface area contributed by atoms with Crippen LogP contribution in [0, 0.1) is 24.2 Å². The van der Waals surface area contributed by atoms with Crippen LogP contribution in [0.25, 0.3) is 0 Å². The molecule has 6 amide bonds. The Morgan fingerprint density at radius 2 is 1.29 bits per heavy atom. The fourth-order valence-electron chi connectivity index (χ4n) is 9.56. The van der Waals surface area contributed by atoms with E-state index in [1.54, 1.807) is 23.1 Å². The zero-order valence-corrected chi connectivity index (χ0v) is 44.7. The molecule has 0 bridgehead atoms. The maximum absolute atomic E-state index is 13.8. The number of amides is 6. The lowest BCUT2D eigenvalue weighted by atomic mass is 9.91. The van der Waals surface area contributed by atoms with Crippen molar-refractivity contribution in [3.63, 3.8) is 0 Å². The molecule has 0 spiro atoms. The summed E-state index contributed by atoms with van der Waals surface area (Å²) in [6.07, 6.45) is 7.69. The number of nitrogens with one attached hydrogen (secondary N) is 2. The molecule has 0 aliphatic carbocycles. The van der Waals surface area contributed by atoms with Crippen molar-refractivity contribution in [1.29, 1.82) is 0 Å². The normalized spacial score (nSPS) is 17.7. The minimum absolute atomic E-state index is 0.0133. The van der Waals surface area contributed by atoms with E-state index in [1.807, 2.05) is 48.5 Å². The van der Waals surface area contributed by atoms with Crippen LogP contribution in [0.15, 0.2) is 76.8 Å². The van der Waals surface area contributed by atoms with Gasteiger partial charge in [0, 0.05) is 81.3 Å². The molecule has 5 aliphatic heterocycles. The number of benzene rings is 3. The molecule has 5 aliphatic rings. The summed E-state index contributed by atoms with van der Waals surface area (Å²) in [6.45, 7) is 14.6. The van der Waals surface area contributed by atoms with Crippen LogP contribution in [-0.4, -0.2) is 167 Å². The molecule has 0 unspecified atom stereocenters. The van der Waals surface area contributed by atoms with Crippen molar-refractivity contribution in [3.05, 3.63) is 100 Å². The number of aliphatic imine (C=N–C) groups is 2. The van der Waals surface area contributed by atoms with Crippen molar-refractivity contribution in [2.24, 2.45) is 15.4 Å². The molecule has 5 heterocycles. The maximum atomic E-state index is 13.8. The highest BCUT2D eigenvalue weighted by Crippen LogP contribution is 2.42. The highest BCUT2D eigenvalue weighted by atomic mass is 16.6. The molecule has 8 rings (SSSR count). The van der Waals surface area contributed by atoms with Crippen molar-refractivity contribution >= 4 is 59.2 Å². The summed E-state index contributed by atoms with van der Waals surface area (Å²) >= 11 is 0. The number of fused-ring (bicyclic) bond motifs is 4. The molecule has 0 radical (unpaired) electrons. The van der Waals surface area contributed by atoms with E-state index in [1.165, 1.54) is 19.3 Å². The number of hydrogen-bond donors (Lipinski definition) is 2. The molecule has 3 aromatic rings. The summed E-state index contributed by atoms with van der Waals surface area (Å²) in [5, 5.41) is 5.50. The quantitative estimate of drug-likeness (QED) is 0.0470. The first-order valence-corrected chi connectivity index (χ1v) is 26.1. The number of rotatable bonds is 26. The van der Waals surface area contributed by atoms with Gasteiger partial charge in [0.1, 0.15) is 19.0 Å². The van der Waals surface area contributed by atoms with Gasteiger partial charge in [-0.2, -0.15) is 0 Å². The van der Waals surface area contributed by atoms with E-state index in [0.29, 0.717) is 111 Å². The van der Waals surface area contributed by atoms with Crippen LogP contribution in [0.5, 0.6) is 17.2 Å². The highest BCUT2D eigenvalue weighted by Gasteiger charge is 2.41. The molecule has 2 atom stereocenters. The largest absolute Gasteiger partial charge is 0.493 e. The smallest absolute Gasteiger partial charge is 0.256 e. The number of carbonyl (C=O) groups excluding carboxylic acids is 6. The van der Waals surface area contributed by atoms with Crippen molar-refractivity contribution in [3.8, 4) is 29.1 Å². The van der Waals surface area contributed by atoms with E-state index >= 15 is 0 Å². The van der Waals surface area contributed by atoms with E-state index in [-0.39, 0.29) is 93.5 Å². The fraction of sp³-hybridized carbons (Fsp3) is 0.448. The Bertz CT molecular complexity index is 2920. The predicted molar refractivity (Wildman–Crippen MR) is 289 cm³/mol. The zero-order chi connectivity index (χ0) is 55.2. The standard InChI is InChI=1S/C58H67N7O13/c1-38-23-43-32-61-47-29-49(39(2)24-45(47)56(70)64(43)34-38)77-35-41-25-40(26-42(27-41)36-78-51-30-48-46(28-50(51)72-5)57(71)65-37-58(3,4)31-44(65)33-62-48)7-6-12-59-53(67)11-15-73-17-19-75-21-22-76-20-18-74-16-13-60-52(66)10-14-63-54(68)8-9-55(63)69/h8-9,24-30,32-33,43-44H,1,10-23,31,34-37H2,2-5H3,(H,59,67)(H,60,66)/t43-,44-/m0/s1. The van der Waals surface area contributed by atoms with E-state index in [4.69, 9.17) is 43.1 Å². The first-order chi connectivity index (χ1) is 37.6. The SMILES string of the molecule is C=C1C[C@H]2C=Nc3cc(OCc4cc(C#CCNC(=O)CCOCCOCCOCCOCCNC(=O)CCN5C(=O)C=CC5=O)cc(COc5cc6c(cc5OC)C(=O)N5CC(C)(C)C[C@H]5C=N6)c4)c(C)cc3C(=O)N2C1. The van der Waals surface area contributed by atoms with Crippen molar-refractivity contribution in [1.82, 2.24) is 25.3 Å². The Morgan fingerprint density at radius 1 is 0.705 bits per heavy atom. The topological polar surface area (TPSA) is 226 Å². The number of carbonyl (C=O) groups is 6. The molecule has 0 saturated carbocycles. The summed E-state index contributed by atoms with van der Waals surface area (Å²) in [4.78, 5) is 89.1. The summed E-state index contributed by atoms with van der Waals surface area (Å²) < 4.78 is 40.6.